The molecule has 0 radical (unpaired) electrons. The molecule has 6 rings (SSSR count). The number of hydrogen-bond acceptors (Lipinski definition) is 5. The van der Waals surface area contributed by atoms with Gasteiger partial charge in [-0.1, -0.05) is 76.8 Å². The average molecular weight is 669 g/mol. The number of hydrogen-bond donors (Lipinski definition) is 1. The predicted octanol–water partition coefficient (Wildman–Crippen LogP) is 6.95. The van der Waals surface area contributed by atoms with Crippen LogP contribution in [0.4, 0.5) is 0 Å². The van der Waals surface area contributed by atoms with Crippen LogP contribution in [0.3, 0.4) is 0 Å². The van der Waals surface area contributed by atoms with Crippen LogP contribution in [-0.2, 0) is 16.1 Å². The summed E-state index contributed by atoms with van der Waals surface area (Å²) in [7, 11) is 0. The second-order valence-electron chi connectivity index (χ2n) is 12.0. The molecule has 1 aliphatic carbocycles. The van der Waals surface area contributed by atoms with Crippen LogP contribution in [0, 0.1) is 6.92 Å². The molecule has 0 unspecified atom stereocenters. The maximum absolute atomic E-state index is 14.5. The number of nitrogens with zero attached hydrogens (tertiary/aromatic N) is 2. The minimum atomic E-state index is -0.232. The molecular formula is C35H36Cl3N3O4. The molecule has 45 heavy (non-hydrogen) atoms. The summed E-state index contributed by atoms with van der Waals surface area (Å²) >= 11 is 18.3. The number of fused-ring (bicyclic) bond motifs is 2. The highest BCUT2D eigenvalue weighted by Crippen LogP contribution is 2.38. The van der Waals surface area contributed by atoms with E-state index in [0.717, 1.165) is 35.1 Å². The van der Waals surface area contributed by atoms with Crippen LogP contribution < -0.4 is 14.8 Å². The highest BCUT2D eigenvalue weighted by atomic mass is 35.5. The molecule has 2 amide bonds. The molecule has 2 bridgehead atoms. The Morgan fingerprint density at radius 2 is 1.67 bits per heavy atom. The third-order valence-electron chi connectivity index (χ3n) is 8.55. The smallest absolute Gasteiger partial charge is 0.252 e. The fraction of sp³-hybridized carbons (Fsp3) is 0.371. The molecule has 1 saturated heterocycles. The molecule has 2 atom stereocenters. The highest BCUT2D eigenvalue weighted by molar-refractivity contribution is 6.43. The molecule has 2 fully saturated rings. The Morgan fingerprint density at radius 1 is 0.933 bits per heavy atom. The van der Waals surface area contributed by atoms with Crippen LogP contribution >= 0.6 is 34.8 Å². The van der Waals surface area contributed by atoms with Gasteiger partial charge in [-0.15, -0.1) is 0 Å². The van der Waals surface area contributed by atoms with Gasteiger partial charge in [0.2, 0.25) is 5.91 Å². The number of aryl methyl sites for hydroxylation is 1. The maximum Gasteiger partial charge on any atom is 0.252 e. The van der Waals surface area contributed by atoms with Crippen molar-refractivity contribution < 1.29 is 19.1 Å². The van der Waals surface area contributed by atoms with Gasteiger partial charge in [-0.2, -0.15) is 0 Å². The lowest BCUT2D eigenvalue weighted by atomic mass is 9.82. The summed E-state index contributed by atoms with van der Waals surface area (Å²) in [6.07, 6.45) is 2.67. The quantitative estimate of drug-likeness (QED) is 0.187. The van der Waals surface area contributed by atoms with Gasteiger partial charge in [0.05, 0.1) is 21.1 Å². The summed E-state index contributed by atoms with van der Waals surface area (Å²) in [4.78, 5) is 30.8. The minimum absolute atomic E-state index is 0.0347. The zero-order chi connectivity index (χ0) is 31.7. The molecule has 2 aliphatic heterocycles. The molecular weight excluding hydrogens is 633 g/mol. The third-order valence-corrected chi connectivity index (χ3v) is 9.57. The minimum Gasteiger partial charge on any atom is -0.490 e. The first-order chi connectivity index (χ1) is 21.7. The molecule has 3 aliphatic rings. The molecule has 1 saturated carbocycles. The molecule has 3 aromatic rings. The van der Waals surface area contributed by atoms with Crippen molar-refractivity contribution in [3.8, 4) is 11.5 Å². The van der Waals surface area contributed by atoms with Gasteiger partial charge in [0.1, 0.15) is 24.7 Å². The van der Waals surface area contributed by atoms with Crippen LogP contribution in [0.5, 0.6) is 11.5 Å². The Balaban J connectivity index is 1.22. The molecule has 3 aromatic carbocycles. The van der Waals surface area contributed by atoms with E-state index in [1.54, 1.807) is 19.1 Å². The Bertz CT molecular complexity index is 1620. The first kappa shape index (κ1) is 31.7. The predicted molar refractivity (Wildman–Crippen MR) is 178 cm³/mol. The molecule has 1 N–H and O–H groups in total. The summed E-state index contributed by atoms with van der Waals surface area (Å²) in [5.74, 6) is 1.21. The second-order valence-corrected chi connectivity index (χ2v) is 13.2. The fourth-order valence-corrected chi connectivity index (χ4v) is 6.81. The van der Waals surface area contributed by atoms with Crippen molar-refractivity contribution in [2.75, 3.05) is 26.3 Å². The number of amides is 2. The molecule has 2 heterocycles. The lowest BCUT2D eigenvalue weighted by Crippen LogP contribution is -2.61. The van der Waals surface area contributed by atoms with Crippen LogP contribution in [-0.4, -0.2) is 66.0 Å². The zero-order valence-electron chi connectivity index (χ0n) is 25.3. The molecule has 10 heteroatoms. The van der Waals surface area contributed by atoms with Gasteiger partial charge in [-0.3, -0.25) is 9.59 Å². The SMILES string of the molecule is CC(=O)N1C[C@H]2CC(c3ccc(OCCOc4cc(Cl)c(Cl)cc4Cl)cc3)=C(C(=O)N(Cc3cccc(C)c3)C3CC3)[C@@H](C1)N2. The van der Waals surface area contributed by atoms with Gasteiger partial charge >= 0.3 is 0 Å². The average Bonchev–Trinajstić information content (AvgIpc) is 3.86. The number of nitrogens with one attached hydrogen (secondary N) is 1. The van der Waals surface area contributed by atoms with E-state index < -0.39 is 0 Å². The first-order valence-electron chi connectivity index (χ1n) is 15.3. The third kappa shape index (κ3) is 7.44. The standard InChI is InChI=1S/C35H36Cl3N3O4/c1-21-4-3-5-23(14-21)18-41(26-8-9-26)35(43)34-28(15-25-19-40(22(2)42)20-32(34)39-25)24-6-10-27(11-7-24)44-12-13-45-33-17-30(37)29(36)16-31(33)38/h3-7,10-11,14,16-17,25-26,32,39H,8-9,12-13,15,18-20H2,1-2H3/t25-,32-/m1/s1. The van der Waals surface area contributed by atoms with Gasteiger partial charge < -0.3 is 24.6 Å². The molecule has 0 aromatic heterocycles. The number of benzene rings is 3. The number of rotatable bonds is 10. The Hall–Kier alpha value is -3.23. The van der Waals surface area contributed by atoms with Gasteiger partial charge in [0.25, 0.3) is 5.91 Å². The summed E-state index contributed by atoms with van der Waals surface area (Å²) in [5, 5.41) is 4.77. The number of halogens is 3. The van der Waals surface area contributed by atoms with Crippen molar-refractivity contribution in [2.24, 2.45) is 0 Å². The topological polar surface area (TPSA) is 71.1 Å². The number of piperazine rings is 1. The number of carbonyl (C=O) groups is 2. The van der Waals surface area contributed by atoms with Gasteiger partial charge in [-0.25, -0.2) is 0 Å². The number of ether oxygens (including phenoxy) is 2. The van der Waals surface area contributed by atoms with E-state index in [0.29, 0.717) is 59.2 Å². The van der Waals surface area contributed by atoms with Crippen LogP contribution in [0.2, 0.25) is 15.1 Å². The highest BCUT2D eigenvalue weighted by Gasteiger charge is 2.43. The van der Waals surface area contributed by atoms with E-state index in [9.17, 15) is 9.59 Å². The normalized spacial score (nSPS) is 19.4. The van der Waals surface area contributed by atoms with Crippen molar-refractivity contribution >= 4 is 52.2 Å². The molecule has 7 nitrogen and oxygen atoms in total. The van der Waals surface area contributed by atoms with Gasteiger partial charge in [0, 0.05) is 50.3 Å². The largest absolute Gasteiger partial charge is 0.490 e. The second kappa shape index (κ2) is 13.6. The van der Waals surface area contributed by atoms with Crippen molar-refractivity contribution in [1.29, 1.82) is 0 Å². The van der Waals surface area contributed by atoms with Crippen molar-refractivity contribution in [3.05, 3.63) is 98.0 Å². The number of carbonyl (C=O) groups excluding carboxylic acids is 2. The van der Waals surface area contributed by atoms with Crippen LogP contribution in [0.25, 0.3) is 5.57 Å². The fourth-order valence-electron chi connectivity index (χ4n) is 6.22. The van der Waals surface area contributed by atoms with Crippen LogP contribution in [0.1, 0.15) is 42.9 Å². The monoisotopic (exact) mass is 667 g/mol. The van der Waals surface area contributed by atoms with Gasteiger partial charge in [0.15, 0.2) is 0 Å². The van der Waals surface area contributed by atoms with Gasteiger partial charge in [-0.05, 0) is 61.1 Å². The van der Waals surface area contributed by atoms with E-state index in [4.69, 9.17) is 44.3 Å². The Labute approximate surface area is 279 Å². The summed E-state index contributed by atoms with van der Waals surface area (Å²) in [6, 6.07) is 19.4. The van der Waals surface area contributed by atoms with Crippen molar-refractivity contribution in [2.45, 2.75) is 57.8 Å². The lowest BCUT2D eigenvalue weighted by Gasteiger charge is -2.44. The van der Waals surface area contributed by atoms with Crippen LogP contribution in [0.15, 0.2) is 66.2 Å². The zero-order valence-corrected chi connectivity index (χ0v) is 27.6. The van der Waals surface area contributed by atoms with E-state index in [-0.39, 0.29) is 36.5 Å². The van der Waals surface area contributed by atoms with E-state index in [2.05, 4.69) is 30.4 Å². The molecule has 236 valence electrons. The van der Waals surface area contributed by atoms with E-state index in [1.807, 2.05) is 40.1 Å². The summed E-state index contributed by atoms with van der Waals surface area (Å²) < 4.78 is 11.7. The summed E-state index contributed by atoms with van der Waals surface area (Å²) in [5.41, 5.74) is 5.09. The maximum atomic E-state index is 14.5. The lowest BCUT2D eigenvalue weighted by molar-refractivity contribution is -0.132. The van der Waals surface area contributed by atoms with Crippen molar-refractivity contribution in [1.82, 2.24) is 15.1 Å². The molecule has 0 spiro atoms. The van der Waals surface area contributed by atoms with E-state index >= 15 is 0 Å². The Kier molecular flexibility index (Phi) is 9.62. The Morgan fingerprint density at radius 3 is 2.38 bits per heavy atom. The summed E-state index contributed by atoms with van der Waals surface area (Å²) in [6.45, 7) is 5.90. The first-order valence-corrected chi connectivity index (χ1v) is 16.4. The van der Waals surface area contributed by atoms with E-state index in [1.165, 1.54) is 5.56 Å². The van der Waals surface area contributed by atoms with Crippen molar-refractivity contribution in [3.63, 3.8) is 0 Å².